The molecule has 0 heterocycles. The first-order valence-corrected chi connectivity index (χ1v) is 5.06. The zero-order valence-electron chi connectivity index (χ0n) is 7.93. The van der Waals surface area contributed by atoms with Gasteiger partial charge in [-0.2, -0.15) is 5.26 Å². The number of phenols is 1. The van der Waals surface area contributed by atoms with E-state index in [9.17, 15) is 9.50 Å². The molecule has 0 spiro atoms. The molecule has 15 heavy (non-hydrogen) atoms. The molecular weight excluding hydrogens is 217 g/mol. The van der Waals surface area contributed by atoms with Gasteiger partial charge in [-0.1, -0.05) is 11.6 Å². The van der Waals surface area contributed by atoms with E-state index in [1.54, 1.807) is 0 Å². The summed E-state index contributed by atoms with van der Waals surface area (Å²) in [6.45, 7) is 0. The van der Waals surface area contributed by atoms with Gasteiger partial charge in [0.15, 0.2) is 0 Å². The molecule has 1 aliphatic carbocycles. The number of nitriles is 1. The topological polar surface area (TPSA) is 44.0 Å². The minimum Gasteiger partial charge on any atom is -0.506 e. The van der Waals surface area contributed by atoms with Crippen LogP contribution < -0.4 is 0 Å². The molecule has 0 bridgehead atoms. The number of halogens is 2. The van der Waals surface area contributed by atoms with Crippen molar-refractivity contribution in [3.8, 4) is 11.8 Å². The first-order chi connectivity index (χ1) is 7.09. The van der Waals surface area contributed by atoms with Crippen molar-refractivity contribution in [1.29, 1.82) is 5.26 Å². The maximum Gasteiger partial charge on any atom is 0.145 e. The van der Waals surface area contributed by atoms with Crippen molar-refractivity contribution in [2.24, 2.45) is 0 Å². The predicted octanol–water partition coefficient (Wildman–Crippen LogP) is 3.13. The lowest BCUT2D eigenvalue weighted by molar-refractivity contribution is 0.321. The van der Waals surface area contributed by atoms with Gasteiger partial charge >= 0.3 is 0 Å². The van der Waals surface area contributed by atoms with Crippen LogP contribution in [-0.2, 0) is 5.41 Å². The van der Waals surface area contributed by atoms with Gasteiger partial charge in [0.25, 0.3) is 0 Å². The molecule has 1 fully saturated rings. The third kappa shape index (κ3) is 1.46. The highest BCUT2D eigenvalue weighted by Crippen LogP contribution is 2.45. The number of phenolic OH excluding ortho intramolecular Hbond substituents is 1. The van der Waals surface area contributed by atoms with E-state index in [0.29, 0.717) is 18.4 Å². The summed E-state index contributed by atoms with van der Waals surface area (Å²) in [5.41, 5.74) is -0.0984. The van der Waals surface area contributed by atoms with Gasteiger partial charge in [-0.25, -0.2) is 4.39 Å². The Labute approximate surface area is 91.9 Å². The van der Waals surface area contributed by atoms with Crippen LogP contribution in [0.4, 0.5) is 4.39 Å². The number of aromatic hydroxyl groups is 1. The SMILES string of the molecule is N#CC1(c2cc(O)c(Cl)c(F)c2)CCC1. The first kappa shape index (κ1) is 10.3. The fourth-order valence-electron chi connectivity index (χ4n) is 1.85. The van der Waals surface area contributed by atoms with Crippen LogP contribution in [0.1, 0.15) is 24.8 Å². The van der Waals surface area contributed by atoms with Crippen LogP contribution in [-0.4, -0.2) is 5.11 Å². The smallest absolute Gasteiger partial charge is 0.145 e. The maximum atomic E-state index is 13.3. The van der Waals surface area contributed by atoms with E-state index in [1.807, 2.05) is 0 Å². The average molecular weight is 226 g/mol. The van der Waals surface area contributed by atoms with E-state index < -0.39 is 11.2 Å². The summed E-state index contributed by atoms with van der Waals surface area (Å²) in [6, 6.07) is 4.81. The van der Waals surface area contributed by atoms with Gasteiger partial charge < -0.3 is 5.11 Å². The monoisotopic (exact) mass is 225 g/mol. The van der Waals surface area contributed by atoms with Crippen molar-refractivity contribution in [1.82, 2.24) is 0 Å². The Morgan fingerprint density at radius 3 is 2.53 bits per heavy atom. The summed E-state index contributed by atoms with van der Waals surface area (Å²) in [5.74, 6) is -0.971. The molecule has 1 N–H and O–H groups in total. The zero-order valence-corrected chi connectivity index (χ0v) is 8.68. The molecule has 1 saturated carbocycles. The van der Waals surface area contributed by atoms with Crippen molar-refractivity contribution in [2.45, 2.75) is 24.7 Å². The number of hydrogen-bond donors (Lipinski definition) is 1. The Morgan fingerprint density at radius 2 is 2.13 bits per heavy atom. The Balaban J connectivity index is 2.51. The standard InChI is InChI=1S/C11H9ClFNO/c12-10-8(13)4-7(5-9(10)15)11(6-14)2-1-3-11/h4-5,15H,1-3H2. The van der Waals surface area contributed by atoms with E-state index in [2.05, 4.69) is 6.07 Å². The molecule has 2 nitrogen and oxygen atoms in total. The van der Waals surface area contributed by atoms with Crippen molar-refractivity contribution < 1.29 is 9.50 Å². The second-order valence-electron chi connectivity index (χ2n) is 3.84. The molecule has 0 atom stereocenters. The summed E-state index contributed by atoms with van der Waals surface area (Å²) in [6.07, 6.45) is 2.38. The van der Waals surface area contributed by atoms with E-state index in [-0.39, 0.29) is 10.8 Å². The average Bonchev–Trinajstić information content (AvgIpc) is 2.13. The predicted molar refractivity (Wildman–Crippen MR) is 54.2 cm³/mol. The van der Waals surface area contributed by atoms with Gasteiger partial charge in [0.05, 0.1) is 11.5 Å². The normalized spacial score (nSPS) is 17.9. The third-order valence-electron chi connectivity index (χ3n) is 2.98. The number of hydrogen-bond acceptors (Lipinski definition) is 2. The first-order valence-electron chi connectivity index (χ1n) is 4.69. The van der Waals surface area contributed by atoms with Crippen LogP contribution in [0.25, 0.3) is 0 Å². The van der Waals surface area contributed by atoms with Crippen LogP contribution in [0.3, 0.4) is 0 Å². The molecule has 1 aromatic carbocycles. The van der Waals surface area contributed by atoms with E-state index in [0.717, 1.165) is 6.42 Å². The minimum absolute atomic E-state index is 0.286. The van der Waals surface area contributed by atoms with Gasteiger partial charge in [0.1, 0.15) is 16.6 Å². The molecule has 0 aliphatic heterocycles. The third-order valence-corrected chi connectivity index (χ3v) is 3.36. The Kier molecular flexibility index (Phi) is 2.32. The van der Waals surface area contributed by atoms with Crippen molar-refractivity contribution in [3.05, 3.63) is 28.5 Å². The van der Waals surface area contributed by atoms with Crippen molar-refractivity contribution >= 4 is 11.6 Å². The van der Waals surface area contributed by atoms with Crippen LogP contribution in [0.5, 0.6) is 5.75 Å². The molecule has 4 heteroatoms. The highest BCUT2D eigenvalue weighted by atomic mass is 35.5. The minimum atomic E-state index is -0.673. The highest BCUT2D eigenvalue weighted by molar-refractivity contribution is 6.32. The Hall–Kier alpha value is -1.27. The van der Waals surface area contributed by atoms with Crippen LogP contribution in [0, 0.1) is 17.1 Å². The van der Waals surface area contributed by atoms with Gasteiger partial charge in [0, 0.05) is 0 Å². The van der Waals surface area contributed by atoms with E-state index in [1.165, 1.54) is 12.1 Å². The lowest BCUT2D eigenvalue weighted by Gasteiger charge is -2.35. The molecule has 0 radical (unpaired) electrons. The quantitative estimate of drug-likeness (QED) is 0.798. The number of nitrogens with zero attached hydrogens (tertiary/aromatic N) is 1. The summed E-state index contributed by atoms with van der Waals surface area (Å²) in [7, 11) is 0. The van der Waals surface area contributed by atoms with Gasteiger partial charge in [-0.15, -0.1) is 0 Å². The molecule has 0 aromatic heterocycles. The second-order valence-corrected chi connectivity index (χ2v) is 4.22. The molecule has 1 aromatic rings. The lowest BCUT2D eigenvalue weighted by Crippen LogP contribution is -2.32. The van der Waals surface area contributed by atoms with Gasteiger partial charge in [0.2, 0.25) is 0 Å². The van der Waals surface area contributed by atoms with Crippen LogP contribution in [0.2, 0.25) is 5.02 Å². The zero-order chi connectivity index (χ0) is 11.1. The largest absolute Gasteiger partial charge is 0.506 e. The molecule has 0 amide bonds. The van der Waals surface area contributed by atoms with Crippen LogP contribution >= 0.6 is 11.6 Å². The summed E-state index contributed by atoms with van der Waals surface area (Å²) in [5, 5.41) is 18.1. The van der Waals surface area contributed by atoms with Gasteiger partial charge in [-0.3, -0.25) is 0 Å². The molecular formula is C11H9ClFNO. The summed E-state index contributed by atoms with van der Waals surface area (Å²) >= 11 is 5.50. The van der Waals surface area contributed by atoms with Crippen molar-refractivity contribution in [3.63, 3.8) is 0 Å². The second kappa shape index (κ2) is 3.39. The highest BCUT2D eigenvalue weighted by Gasteiger charge is 2.39. The fraction of sp³-hybridized carbons (Fsp3) is 0.364. The Bertz CT molecular complexity index is 425. The molecule has 0 saturated heterocycles. The molecule has 2 rings (SSSR count). The van der Waals surface area contributed by atoms with E-state index in [4.69, 9.17) is 16.9 Å². The lowest BCUT2D eigenvalue weighted by atomic mass is 9.65. The molecule has 78 valence electrons. The summed E-state index contributed by atoms with van der Waals surface area (Å²) < 4.78 is 13.3. The number of rotatable bonds is 1. The van der Waals surface area contributed by atoms with E-state index >= 15 is 0 Å². The van der Waals surface area contributed by atoms with Gasteiger partial charge in [-0.05, 0) is 37.0 Å². The fourth-order valence-corrected chi connectivity index (χ4v) is 1.96. The Morgan fingerprint density at radius 1 is 1.47 bits per heavy atom. The number of benzene rings is 1. The molecule has 0 unspecified atom stereocenters. The molecule has 1 aliphatic rings. The summed E-state index contributed by atoms with van der Waals surface area (Å²) in [4.78, 5) is 0. The van der Waals surface area contributed by atoms with Crippen LogP contribution in [0.15, 0.2) is 12.1 Å². The van der Waals surface area contributed by atoms with Crippen molar-refractivity contribution in [2.75, 3.05) is 0 Å². The maximum absolute atomic E-state index is 13.3.